The Labute approximate surface area is 92.0 Å². The van der Waals surface area contributed by atoms with Crippen molar-refractivity contribution >= 4 is 12.4 Å². The highest BCUT2D eigenvalue weighted by molar-refractivity contribution is 5.85. The molecule has 0 amide bonds. The first-order chi connectivity index (χ1) is 6.33. The van der Waals surface area contributed by atoms with Crippen LogP contribution in [-0.2, 0) is 4.74 Å². The molecule has 1 heterocycles. The number of hydrogen-bond acceptors (Lipinski definition) is 2. The molecule has 0 radical (unpaired) electrons. The van der Waals surface area contributed by atoms with E-state index in [1.54, 1.807) is 0 Å². The minimum atomic E-state index is 0. The molecule has 2 nitrogen and oxygen atoms in total. The third kappa shape index (κ3) is 1.24. The fourth-order valence-corrected chi connectivity index (χ4v) is 4.10. The molecule has 0 aromatic carbocycles. The van der Waals surface area contributed by atoms with Crippen molar-refractivity contribution in [2.24, 2.45) is 23.0 Å². The SMILES string of the molecule is Cl.NC1C2CCC(C2)C12CCOCC2. The summed E-state index contributed by atoms with van der Waals surface area (Å²) in [7, 11) is 0. The van der Waals surface area contributed by atoms with Crippen LogP contribution in [0.25, 0.3) is 0 Å². The summed E-state index contributed by atoms with van der Waals surface area (Å²) in [5, 5.41) is 0. The van der Waals surface area contributed by atoms with Crippen molar-refractivity contribution in [1.82, 2.24) is 0 Å². The number of ether oxygens (including phenoxy) is 1. The highest BCUT2D eigenvalue weighted by atomic mass is 35.5. The van der Waals surface area contributed by atoms with Crippen molar-refractivity contribution < 1.29 is 4.74 Å². The summed E-state index contributed by atoms with van der Waals surface area (Å²) in [5.41, 5.74) is 6.88. The van der Waals surface area contributed by atoms with Crippen molar-refractivity contribution in [1.29, 1.82) is 0 Å². The smallest absolute Gasteiger partial charge is 0.0472 e. The summed E-state index contributed by atoms with van der Waals surface area (Å²) in [4.78, 5) is 0. The first-order valence-corrected chi connectivity index (χ1v) is 5.66. The maximum atomic E-state index is 6.37. The Balaban J connectivity index is 0.000000750. The minimum Gasteiger partial charge on any atom is -0.381 e. The summed E-state index contributed by atoms with van der Waals surface area (Å²) in [6.45, 7) is 1.91. The predicted molar refractivity (Wildman–Crippen MR) is 58.5 cm³/mol. The summed E-state index contributed by atoms with van der Waals surface area (Å²) in [6, 6.07) is 0.496. The zero-order chi connectivity index (χ0) is 8.89. The van der Waals surface area contributed by atoms with E-state index in [0.717, 1.165) is 25.0 Å². The molecular weight excluding hydrogens is 198 g/mol. The lowest BCUT2D eigenvalue weighted by molar-refractivity contribution is -0.0257. The van der Waals surface area contributed by atoms with Gasteiger partial charge in [-0.25, -0.2) is 0 Å². The van der Waals surface area contributed by atoms with Gasteiger partial charge in [0.15, 0.2) is 0 Å². The van der Waals surface area contributed by atoms with Crippen LogP contribution in [0.2, 0.25) is 0 Å². The van der Waals surface area contributed by atoms with E-state index < -0.39 is 0 Å². The largest absolute Gasteiger partial charge is 0.381 e. The number of hydrogen-bond donors (Lipinski definition) is 1. The van der Waals surface area contributed by atoms with E-state index >= 15 is 0 Å². The Morgan fingerprint density at radius 1 is 1.14 bits per heavy atom. The van der Waals surface area contributed by atoms with Gasteiger partial charge in [-0.3, -0.25) is 0 Å². The second-order valence-corrected chi connectivity index (χ2v) is 5.14. The molecule has 2 N–H and O–H groups in total. The van der Waals surface area contributed by atoms with Crippen LogP contribution in [0.1, 0.15) is 32.1 Å². The maximum Gasteiger partial charge on any atom is 0.0472 e. The van der Waals surface area contributed by atoms with Crippen LogP contribution in [-0.4, -0.2) is 19.3 Å². The van der Waals surface area contributed by atoms with Gasteiger partial charge in [0, 0.05) is 19.3 Å². The van der Waals surface area contributed by atoms with E-state index in [2.05, 4.69) is 0 Å². The van der Waals surface area contributed by atoms with Gasteiger partial charge in [0.1, 0.15) is 0 Å². The Bertz CT molecular complexity index is 211. The Morgan fingerprint density at radius 3 is 2.43 bits per heavy atom. The molecular formula is C11H20ClNO. The van der Waals surface area contributed by atoms with Crippen LogP contribution in [0, 0.1) is 17.3 Å². The van der Waals surface area contributed by atoms with Crippen LogP contribution in [0.15, 0.2) is 0 Å². The number of halogens is 1. The molecule has 3 rings (SSSR count). The molecule has 3 unspecified atom stereocenters. The zero-order valence-electron chi connectivity index (χ0n) is 8.58. The van der Waals surface area contributed by atoms with Gasteiger partial charge in [-0.1, -0.05) is 0 Å². The summed E-state index contributed by atoms with van der Waals surface area (Å²) < 4.78 is 5.46. The molecule has 2 saturated carbocycles. The number of nitrogens with two attached hydrogens (primary N) is 1. The van der Waals surface area contributed by atoms with Crippen LogP contribution in [0.4, 0.5) is 0 Å². The topological polar surface area (TPSA) is 35.2 Å². The van der Waals surface area contributed by atoms with Crippen LogP contribution in [0.3, 0.4) is 0 Å². The highest BCUT2D eigenvalue weighted by Crippen LogP contribution is 2.59. The predicted octanol–water partition coefficient (Wildman–Crippen LogP) is 1.96. The summed E-state index contributed by atoms with van der Waals surface area (Å²) in [6.07, 6.45) is 6.72. The van der Waals surface area contributed by atoms with Crippen LogP contribution < -0.4 is 5.73 Å². The quantitative estimate of drug-likeness (QED) is 0.674. The third-order valence-electron chi connectivity index (χ3n) is 4.88. The molecule has 2 bridgehead atoms. The molecule has 14 heavy (non-hydrogen) atoms. The second kappa shape index (κ2) is 3.66. The van der Waals surface area contributed by atoms with Crippen molar-refractivity contribution in [3.63, 3.8) is 0 Å². The van der Waals surface area contributed by atoms with Gasteiger partial charge in [0.05, 0.1) is 0 Å². The highest BCUT2D eigenvalue weighted by Gasteiger charge is 2.56. The van der Waals surface area contributed by atoms with Gasteiger partial charge >= 0.3 is 0 Å². The van der Waals surface area contributed by atoms with E-state index in [0.29, 0.717) is 11.5 Å². The lowest BCUT2D eigenvalue weighted by atomic mass is 9.65. The fraction of sp³-hybridized carbons (Fsp3) is 1.00. The van der Waals surface area contributed by atoms with Crippen LogP contribution >= 0.6 is 12.4 Å². The molecule has 3 aliphatic rings. The van der Waals surface area contributed by atoms with Gasteiger partial charge in [0.2, 0.25) is 0 Å². The van der Waals surface area contributed by atoms with Gasteiger partial charge in [0.25, 0.3) is 0 Å². The maximum absolute atomic E-state index is 6.37. The average Bonchev–Trinajstić information content (AvgIpc) is 2.73. The van der Waals surface area contributed by atoms with Crippen LogP contribution in [0.5, 0.6) is 0 Å². The van der Waals surface area contributed by atoms with Crippen molar-refractivity contribution in [2.75, 3.05) is 13.2 Å². The Morgan fingerprint density at radius 2 is 1.86 bits per heavy atom. The first-order valence-electron chi connectivity index (χ1n) is 5.66. The second-order valence-electron chi connectivity index (χ2n) is 5.14. The third-order valence-corrected chi connectivity index (χ3v) is 4.88. The Kier molecular flexibility index (Phi) is 2.80. The molecule has 1 spiro atoms. The van der Waals surface area contributed by atoms with E-state index in [1.807, 2.05) is 0 Å². The average molecular weight is 218 g/mol. The number of fused-ring (bicyclic) bond motifs is 3. The normalized spacial score (nSPS) is 43.9. The molecule has 1 saturated heterocycles. The molecule has 3 heteroatoms. The molecule has 0 aromatic heterocycles. The first kappa shape index (κ1) is 10.7. The van der Waals surface area contributed by atoms with Gasteiger partial charge in [-0.2, -0.15) is 0 Å². The van der Waals surface area contributed by atoms with Crippen molar-refractivity contribution in [2.45, 2.75) is 38.1 Å². The van der Waals surface area contributed by atoms with Crippen molar-refractivity contribution in [3.8, 4) is 0 Å². The van der Waals surface area contributed by atoms with E-state index in [9.17, 15) is 0 Å². The molecule has 1 aliphatic heterocycles. The van der Waals surface area contributed by atoms with Gasteiger partial charge < -0.3 is 10.5 Å². The van der Waals surface area contributed by atoms with E-state index in [-0.39, 0.29) is 12.4 Å². The van der Waals surface area contributed by atoms with Gasteiger partial charge in [-0.05, 0) is 49.4 Å². The summed E-state index contributed by atoms with van der Waals surface area (Å²) >= 11 is 0. The standard InChI is InChI=1S/C11H19NO.ClH/c12-10-8-1-2-9(7-8)11(10)3-5-13-6-4-11;/h8-10H,1-7,12H2;1H. The van der Waals surface area contributed by atoms with E-state index in [1.165, 1.54) is 32.1 Å². The van der Waals surface area contributed by atoms with Gasteiger partial charge in [-0.15, -0.1) is 12.4 Å². The fourth-order valence-electron chi connectivity index (χ4n) is 4.10. The van der Waals surface area contributed by atoms with E-state index in [4.69, 9.17) is 10.5 Å². The molecule has 3 atom stereocenters. The molecule has 0 aromatic rings. The number of rotatable bonds is 0. The Hall–Kier alpha value is 0.210. The minimum absolute atomic E-state index is 0. The zero-order valence-corrected chi connectivity index (χ0v) is 9.39. The lowest BCUT2D eigenvalue weighted by Crippen LogP contribution is -2.49. The lowest BCUT2D eigenvalue weighted by Gasteiger charge is -2.45. The molecule has 3 fully saturated rings. The van der Waals surface area contributed by atoms with Crippen molar-refractivity contribution in [3.05, 3.63) is 0 Å². The molecule has 2 aliphatic carbocycles. The summed E-state index contributed by atoms with van der Waals surface area (Å²) in [5.74, 6) is 1.79. The molecule has 82 valence electrons. The monoisotopic (exact) mass is 217 g/mol.